The summed E-state index contributed by atoms with van der Waals surface area (Å²) in [5.74, 6) is 0.397. The molecule has 0 bridgehead atoms. The quantitative estimate of drug-likeness (QED) is 0.688. The molecule has 1 rings (SSSR count). The summed E-state index contributed by atoms with van der Waals surface area (Å²) in [4.78, 5) is 11.6. The van der Waals surface area contributed by atoms with Crippen molar-refractivity contribution >= 4 is 15.6 Å². The van der Waals surface area contributed by atoms with Gasteiger partial charge < -0.3 is 0 Å². The van der Waals surface area contributed by atoms with Crippen LogP contribution >= 0.6 is 0 Å². The van der Waals surface area contributed by atoms with Gasteiger partial charge in [-0.05, 0) is 38.2 Å². The van der Waals surface area contributed by atoms with Crippen molar-refractivity contribution in [3.05, 3.63) is 11.6 Å². The maximum Gasteiger partial charge on any atom is 0.155 e. The Morgan fingerprint density at radius 2 is 1.88 bits per heavy atom. The third-order valence-electron chi connectivity index (χ3n) is 3.18. The van der Waals surface area contributed by atoms with Gasteiger partial charge in [-0.3, -0.25) is 4.79 Å². The van der Waals surface area contributed by atoms with Gasteiger partial charge in [0.1, 0.15) is 9.84 Å². The molecular weight excluding hydrogens is 236 g/mol. The normalized spacial score (nSPS) is 16.9. The summed E-state index contributed by atoms with van der Waals surface area (Å²) in [6.07, 6.45) is 8.28. The summed E-state index contributed by atoms with van der Waals surface area (Å²) < 4.78 is 22.5. The molecule has 1 saturated carbocycles. The average molecular weight is 258 g/mol. The first-order valence-electron chi connectivity index (χ1n) is 6.46. The van der Waals surface area contributed by atoms with Crippen LogP contribution < -0.4 is 0 Å². The standard InChI is InChI=1S/C13H22O3S/c1-2-17(15,16)10-6-9-13(14)11-12-7-4-3-5-8-12/h11H,2-10H2,1H3. The molecule has 0 unspecified atom stereocenters. The summed E-state index contributed by atoms with van der Waals surface area (Å²) in [6, 6.07) is 0. The Labute approximate surface area is 104 Å². The molecule has 3 nitrogen and oxygen atoms in total. The fraction of sp³-hybridized carbons (Fsp3) is 0.769. The second-order valence-electron chi connectivity index (χ2n) is 4.67. The van der Waals surface area contributed by atoms with Crippen LogP contribution in [-0.4, -0.2) is 25.7 Å². The minimum Gasteiger partial charge on any atom is -0.295 e. The number of sulfone groups is 1. The molecule has 1 aliphatic rings. The SMILES string of the molecule is CCS(=O)(=O)CCCC(=O)C=C1CCCCC1. The molecule has 0 saturated heterocycles. The van der Waals surface area contributed by atoms with E-state index in [9.17, 15) is 13.2 Å². The Kier molecular flexibility index (Phi) is 5.89. The first-order valence-corrected chi connectivity index (χ1v) is 8.28. The molecule has 0 heterocycles. The number of rotatable bonds is 6. The van der Waals surface area contributed by atoms with E-state index in [1.165, 1.54) is 24.8 Å². The second-order valence-corrected chi connectivity index (χ2v) is 7.14. The zero-order valence-electron chi connectivity index (χ0n) is 10.6. The molecule has 4 heteroatoms. The molecule has 0 aliphatic heterocycles. The monoisotopic (exact) mass is 258 g/mol. The van der Waals surface area contributed by atoms with E-state index in [4.69, 9.17) is 0 Å². The highest BCUT2D eigenvalue weighted by atomic mass is 32.2. The van der Waals surface area contributed by atoms with Crippen LogP contribution in [-0.2, 0) is 14.6 Å². The fourth-order valence-electron chi connectivity index (χ4n) is 2.06. The number of hydrogen-bond acceptors (Lipinski definition) is 3. The Morgan fingerprint density at radius 1 is 1.24 bits per heavy atom. The maximum absolute atomic E-state index is 11.6. The number of allylic oxidation sites excluding steroid dienone is 2. The van der Waals surface area contributed by atoms with Gasteiger partial charge in [-0.25, -0.2) is 8.42 Å². The molecule has 0 aromatic carbocycles. The lowest BCUT2D eigenvalue weighted by atomic mass is 9.94. The van der Waals surface area contributed by atoms with Crippen molar-refractivity contribution in [2.24, 2.45) is 0 Å². The van der Waals surface area contributed by atoms with E-state index in [1.54, 1.807) is 13.0 Å². The van der Waals surface area contributed by atoms with Gasteiger partial charge >= 0.3 is 0 Å². The van der Waals surface area contributed by atoms with Crippen molar-refractivity contribution < 1.29 is 13.2 Å². The van der Waals surface area contributed by atoms with E-state index in [0.717, 1.165) is 12.8 Å². The second kappa shape index (κ2) is 6.94. The molecule has 0 atom stereocenters. The number of hydrogen-bond donors (Lipinski definition) is 0. The van der Waals surface area contributed by atoms with Crippen LogP contribution in [0.3, 0.4) is 0 Å². The Hall–Kier alpha value is -0.640. The highest BCUT2D eigenvalue weighted by molar-refractivity contribution is 7.91. The third-order valence-corrected chi connectivity index (χ3v) is 4.97. The Balaban J connectivity index is 2.30. The van der Waals surface area contributed by atoms with E-state index < -0.39 is 9.84 Å². The van der Waals surface area contributed by atoms with Crippen molar-refractivity contribution in [2.45, 2.75) is 51.9 Å². The van der Waals surface area contributed by atoms with Crippen LogP contribution in [0.4, 0.5) is 0 Å². The summed E-state index contributed by atoms with van der Waals surface area (Å²) >= 11 is 0. The average Bonchev–Trinajstić information content (AvgIpc) is 2.30. The fourth-order valence-corrected chi connectivity index (χ4v) is 2.93. The Bertz CT molecular complexity index is 371. The van der Waals surface area contributed by atoms with Gasteiger partial charge in [0.25, 0.3) is 0 Å². The minimum absolute atomic E-state index is 0.0909. The molecule has 0 spiro atoms. The van der Waals surface area contributed by atoms with Gasteiger partial charge in [-0.2, -0.15) is 0 Å². The molecular formula is C13H22O3S. The van der Waals surface area contributed by atoms with Gasteiger partial charge in [-0.15, -0.1) is 0 Å². The molecule has 0 radical (unpaired) electrons. The summed E-state index contributed by atoms with van der Waals surface area (Å²) in [6.45, 7) is 1.64. The molecule has 1 aliphatic carbocycles. The lowest BCUT2D eigenvalue weighted by Crippen LogP contribution is -2.10. The minimum atomic E-state index is -2.92. The van der Waals surface area contributed by atoms with Crippen LogP contribution in [0.25, 0.3) is 0 Å². The highest BCUT2D eigenvalue weighted by Gasteiger charge is 2.10. The third kappa shape index (κ3) is 6.01. The summed E-state index contributed by atoms with van der Waals surface area (Å²) in [5, 5.41) is 0. The van der Waals surface area contributed by atoms with Gasteiger partial charge in [-0.1, -0.05) is 18.9 Å². The van der Waals surface area contributed by atoms with Crippen molar-refractivity contribution in [1.82, 2.24) is 0 Å². The van der Waals surface area contributed by atoms with E-state index in [2.05, 4.69) is 0 Å². The lowest BCUT2D eigenvalue weighted by Gasteiger charge is -2.12. The van der Waals surface area contributed by atoms with E-state index in [-0.39, 0.29) is 17.3 Å². The van der Waals surface area contributed by atoms with Gasteiger partial charge in [0, 0.05) is 12.2 Å². The van der Waals surface area contributed by atoms with Crippen LogP contribution in [0.15, 0.2) is 11.6 Å². The highest BCUT2D eigenvalue weighted by Crippen LogP contribution is 2.22. The van der Waals surface area contributed by atoms with Crippen molar-refractivity contribution in [2.75, 3.05) is 11.5 Å². The molecule has 98 valence electrons. The maximum atomic E-state index is 11.6. The molecule has 1 fully saturated rings. The topological polar surface area (TPSA) is 51.2 Å². The number of ketones is 1. The van der Waals surface area contributed by atoms with E-state index >= 15 is 0 Å². The summed E-state index contributed by atoms with van der Waals surface area (Å²) in [5.41, 5.74) is 1.25. The molecule has 0 N–H and O–H groups in total. The number of carbonyl (C=O) groups is 1. The largest absolute Gasteiger partial charge is 0.295 e. The summed E-state index contributed by atoms with van der Waals surface area (Å²) in [7, 11) is -2.92. The number of carbonyl (C=O) groups excluding carboxylic acids is 1. The van der Waals surface area contributed by atoms with E-state index in [1.807, 2.05) is 0 Å². The van der Waals surface area contributed by atoms with Gasteiger partial charge in [0.2, 0.25) is 0 Å². The van der Waals surface area contributed by atoms with Crippen LogP contribution in [0.5, 0.6) is 0 Å². The first kappa shape index (κ1) is 14.4. The van der Waals surface area contributed by atoms with Crippen LogP contribution in [0, 0.1) is 0 Å². The van der Waals surface area contributed by atoms with Crippen molar-refractivity contribution in [1.29, 1.82) is 0 Å². The van der Waals surface area contributed by atoms with Gasteiger partial charge in [0.15, 0.2) is 5.78 Å². The first-order chi connectivity index (χ1) is 8.03. The Morgan fingerprint density at radius 3 is 2.47 bits per heavy atom. The molecule has 0 aromatic rings. The smallest absolute Gasteiger partial charge is 0.155 e. The predicted molar refractivity (Wildman–Crippen MR) is 69.7 cm³/mol. The van der Waals surface area contributed by atoms with Gasteiger partial charge in [0.05, 0.1) is 5.75 Å². The van der Waals surface area contributed by atoms with Crippen LogP contribution in [0.1, 0.15) is 51.9 Å². The molecule has 0 aromatic heterocycles. The predicted octanol–water partition coefficient (Wildman–Crippen LogP) is 2.66. The lowest BCUT2D eigenvalue weighted by molar-refractivity contribution is -0.114. The molecule has 17 heavy (non-hydrogen) atoms. The van der Waals surface area contributed by atoms with Crippen molar-refractivity contribution in [3.8, 4) is 0 Å². The van der Waals surface area contributed by atoms with Crippen LogP contribution in [0.2, 0.25) is 0 Å². The van der Waals surface area contributed by atoms with Crippen molar-refractivity contribution in [3.63, 3.8) is 0 Å². The zero-order chi connectivity index (χ0) is 12.7. The molecule has 0 amide bonds. The van der Waals surface area contributed by atoms with E-state index in [0.29, 0.717) is 12.8 Å². The zero-order valence-corrected chi connectivity index (χ0v) is 11.4.